The van der Waals surface area contributed by atoms with E-state index in [4.69, 9.17) is 21.1 Å². The van der Waals surface area contributed by atoms with Crippen LogP contribution in [0.3, 0.4) is 0 Å². The van der Waals surface area contributed by atoms with Crippen molar-refractivity contribution in [3.05, 3.63) is 89.1 Å². The van der Waals surface area contributed by atoms with E-state index in [2.05, 4.69) is 9.97 Å². The Morgan fingerprint density at radius 2 is 1.77 bits per heavy atom. The zero-order valence-electron chi connectivity index (χ0n) is 16.0. The third-order valence-electron chi connectivity index (χ3n) is 4.54. The second kappa shape index (κ2) is 8.55. The number of aromatic nitrogens is 2. The summed E-state index contributed by atoms with van der Waals surface area (Å²) in [6, 6.07) is 16.5. The lowest BCUT2D eigenvalue weighted by atomic mass is 10.1. The second-order valence-corrected chi connectivity index (χ2v) is 6.98. The molecule has 4 rings (SSSR count). The molecule has 3 aromatic carbocycles. The highest BCUT2D eigenvalue weighted by Crippen LogP contribution is 2.34. The molecule has 0 spiro atoms. The van der Waals surface area contributed by atoms with Gasteiger partial charge in [-0.3, -0.25) is 0 Å². The van der Waals surface area contributed by atoms with Gasteiger partial charge in [-0.2, -0.15) is 0 Å². The molecule has 0 atom stereocenters. The number of hydrogen-bond donors (Lipinski definition) is 1. The number of ether oxygens (including phenoxy) is 2. The minimum Gasteiger partial charge on any atom is -0.496 e. The quantitative estimate of drug-likeness (QED) is 0.395. The first kappa shape index (κ1) is 19.9. The van der Waals surface area contributed by atoms with Crippen molar-refractivity contribution in [3.63, 3.8) is 0 Å². The molecule has 30 heavy (non-hydrogen) atoms. The van der Waals surface area contributed by atoms with Gasteiger partial charge in [-0.05, 0) is 48.0 Å². The lowest BCUT2D eigenvalue weighted by Crippen LogP contribution is -1.96. The fraction of sp³-hybridized carbons (Fsp3) is 0.0870. The first-order chi connectivity index (χ1) is 14.5. The van der Waals surface area contributed by atoms with E-state index in [0.29, 0.717) is 40.2 Å². The van der Waals surface area contributed by atoms with Crippen LogP contribution in [0.25, 0.3) is 22.6 Å². The van der Waals surface area contributed by atoms with Gasteiger partial charge in [-0.25, -0.2) is 13.8 Å². The van der Waals surface area contributed by atoms with Crippen LogP contribution in [0.5, 0.6) is 11.5 Å². The molecule has 0 aliphatic heterocycles. The number of H-pyrrole nitrogens is 1. The number of nitrogens with zero attached hydrogens (tertiary/aromatic N) is 1. The lowest BCUT2D eigenvalue weighted by Gasteiger charge is -2.11. The Balaban J connectivity index is 1.55. The zero-order valence-corrected chi connectivity index (χ0v) is 16.7. The fourth-order valence-electron chi connectivity index (χ4n) is 2.97. The third kappa shape index (κ3) is 4.28. The first-order valence-corrected chi connectivity index (χ1v) is 9.48. The van der Waals surface area contributed by atoms with Gasteiger partial charge < -0.3 is 14.5 Å². The van der Waals surface area contributed by atoms with Gasteiger partial charge in [-0.1, -0.05) is 23.7 Å². The van der Waals surface area contributed by atoms with Crippen LogP contribution in [-0.2, 0) is 6.61 Å². The minimum absolute atomic E-state index is 0.391. The van der Waals surface area contributed by atoms with Crippen molar-refractivity contribution in [2.24, 2.45) is 0 Å². The number of aromatic amines is 1. The summed E-state index contributed by atoms with van der Waals surface area (Å²) in [5.74, 6) is -0.186. The Morgan fingerprint density at radius 3 is 2.50 bits per heavy atom. The monoisotopic (exact) mass is 426 g/mol. The molecular formula is C23H17ClF2N2O2. The van der Waals surface area contributed by atoms with E-state index in [1.807, 2.05) is 36.4 Å². The molecule has 0 saturated carbocycles. The van der Waals surface area contributed by atoms with Gasteiger partial charge in [0.1, 0.15) is 23.9 Å². The highest BCUT2D eigenvalue weighted by molar-refractivity contribution is 6.30. The molecule has 0 bridgehead atoms. The van der Waals surface area contributed by atoms with Crippen LogP contribution in [0.1, 0.15) is 5.56 Å². The maximum absolute atomic E-state index is 13.5. The molecule has 0 aliphatic carbocycles. The Kier molecular flexibility index (Phi) is 5.68. The molecular weight excluding hydrogens is 410 g/mol. The van der Waals surface area contributed by atoms with Crippen LogP contribution in [0, 0.1) is 11.6 Å². The molecule has 4 aromatic rings. The number of rotatable bonds is 6. The summed E-state index contributed by atoms with van der Waals surface area (Å²) in [7, 11) is 1.56. The SMILES string of the molecule is COc1cc(OCc2ccc(Cl)cc2)ccc1-c1c[nH]c(-c2ccc(F)c(F)c2)n1. The average Bonchev–Trinajstić information content (AvgIpc) is 3.25. The van der Waals surface area contributed by atoms with E-state index >= 15 is 0 Å². The van der Waals surface area contributed by atoms with Gasteiger partial charge in [-0.15, -0.1) is 0 Å². The molecule has 0 aliphatic rings. The van der Waals surface area contributed by atoms with E-state index in [0.717, 1.165) is 23.3 Å². The normalized spacial score (nSPS) is 10.8. The van der Waals surface area contributed by atoms with Crippen LogP contribution in [0.2, 0.25) is 5.02 Å². The number of imidazole rings is 1. The van der Waals surface area contributed by atoms with Crippen molar-refractivity contribution in [2.45, 2.75) is 6.61 Å². The van der Waals surface area contributed by atoms with Gasteiger partial charge in [0.2, 0.25) is 0 Å². The van der Waals surface area contributed by atoms with Crippen LogP contribution in [0.4, 0.5) is 8.78 Å². The van der Waals surface area contributed by atoms with E-state index in [-0.39, 0.29) is 0 Å². The third-order valence-corrected chi connectivity index (χ3v) is 4.79. The minimum atomic E-state index is -0.926. The van der Waals surface area contributed by atoms with E-state index in [1.165, 1.54) is 6.07 Å². The summed E-state index contributed by atoms with van der Waals surface area (Å²) in [5, 5.41) is 0.673. The maximum atomic E-state index is 13.5. The first-order valence-electron chi connectivity index (χ1n) is 9.10. The summed E-state index contributed by atoms with van der Waals surface area (Å²) >= 11 is 5.90. The van der Waals surface area contributed by atoms with E-state index in [1.54, 1.807) is 19.4 Å². The topological polar surface area (TPSA) is 47.1 Å². The Hall–Kier alpha value is -3.38. The largest absolute Gasteiger partial charge is 0.496 e. The molecule has 0 radical (unpaired) electrons. The number of hydrogen-bond acceptors (Lipinski definition) is 3. The Morgan fingerprint density at radius 1 is 0.967 bits per heavy atom. The molecule has 0 unspecified atom stereocenters. The van der Waals surface area contributed by atoms with Crippen molar-refractivity contribution in [1.29, 1.82) is 0 Å². The highest BCUT2D eigenvalue weighted by atomic mass is 35.5. The molecule has 152 valence electrons. The summed E-state index contributed by atoms with van der Waals surface area (Å²) in [6.45, 7) is 0.391. The fourth-order valence-corrected chi connectivity index (χ4v) is 3.10. The Labute approximate surface area is 177 Å². The molecule has 1 heterocycles. The van der Waals surface area contributed by atoms with Gasteiger partial charge in [0, 0.05) is 28.4 Å². The second-order valence-electron chi connectivity index (χ2n) is 6.54. The predicted molar refractivity (Wildman–Crippen MR) is 112 cm³/mol. The molecule has 0 saturated heterocycles. The van der Waals surface area contributed by atoms with Crippen molar-refractivity contribution in [2.75, 3.05) is 7.11 Å². The molecule has 4 nitrogen and oxygen atoms in total. The summed E-state index contributed by atoms with van der Waals surface area (Å²) < 4.78 is 38.0. The Bertz CT molecular complexity index is 1180. The predicted octanol–water partition coefficient (Wildman–Crippen LogP) is 6.26. The van der Waals surface area contributed by atoms with Gasteiger partial charge in [0.15, 0.2) is 11.6 Å². The summed E-state index contributed by atoms with van der Waals surface area (Å²) in [4.78, 5) is 7.47. The van der Waals surface area contributed by atoms with Crippen molar-refractivity contribution < 1.29 is 18.3 Å². The van der Waals surface area contributed by atoms with Gasteiger partial charge in [0.05, 0.1) is 12.8 Å². The zero-order chi connectivity index (χ0) is 21.1. The van der Waals surface area contributed by atoms with Crippen LogP contribution < -0.4 is 9.47 Å². The number of methoxy groups -OCH3 is 1. The number of nitrogens with one attached hydrogen (secondary N) is 1. The smallest absolute Gasteiger partial charge is 0.159 e. The number of halogens is 3. The standard InChI is InChI=1S/C23H17ClF2N2O2/c1-29-22-11-17(30-13-14-2-5-16(24)6-3-14)7-8-18(22)21-12-27-23(28-21)15-4-9-19(25)20(26)10-15/h2-12H,13H2,1H3,(H,27,28). The van der Waals surface area contributed by atoms with Crippen LogP contribution in [0.15, 0.2) is 66.9 Å². The van der Waals surface area contributed by atoms with E-state index in [9.17, 15) is 8.78 Å². The van der Waals surface area contributed by atoms with Crippen molar-refractivity contribution >= 4 is 11.6 Å². The van der Waals surface area contributed by atoms with Crippen molar-refractivity contribution in [1.82, 2.24) is 9.97 Å². The number of benzene rings is 3. The van der Waals surface area contributed by atoms with Crippen LogP contribution >= 0.6 is 11.6 Å². The van der Waals surface area contributed by atoms with E-state index < -0.39 is 11.6 Å². The van der Waals surface area contributed by atoms with Crippen molar-refractivity contribution in [3.8, 4) is 34.1 Å². The lowest BCUT2D eigenvalue weighted by molar-refractivity contribution is 0.304. The molecule has 1 N–H and O–H groups in total. The van der Waals surface area contributed by atoms with Crippen LogP contribution in [-0.4, -0.2) is 17.1 Å². The molecule has 0 amide bonds. The molecule has 7 heteroatoms. The average molecular weight is 427 g/mol. The molecule has 1 aromatic heterocycles. The summed E-state index contributed by atoms with van der Waals surface area (Å²) in [5.41, 5.74) is 2.78. The van der Waals surface area contributed by atoms with Gasteiger partial charge >= 0.3 is 0 Å². The summed E-state index contributed by atoms with van der Waals surface area (Å²) in [6.07, 6.45) is 1.68. The molecule has 0 fully saturated rings. The maximum Gasteiger partial charge on any atom is 0.159 e. The highest BCUT2D eigenvalue weighted by Gasteiger charge is 2.13. The van der Waals surface area contributed by atoms with Gasteiger partial charge in [0.25, 0.3) is 0 Å².